The number of rotatable bonds is 3. The summed E-state index contributed by atoms with van der Waals surface area (Å²) in [5, 5.41) is 0. The molecule has 0 heterocycles. The van der Waals surface area contributed by atoms with Crippen molar-refractivity contribution >= 4 is 0 Å². The van der Waals surface area contributed by atoms with Crippen LogP contribution in [-0.2, 0) is 6.42 Å². The second-order valence-corrected chi connectivity index (χ2v) is 2.52. The molecule has 68 valence electrons. The molecule has 1 aromatic carbocycles. The van der Waals surface area contributed by atoms with Crippen molar-refractivity contribution in [3.05, 3.63) is 23.8 Å². The van der Waals surface area contributed by atoms with E-state index < -0.39 is 0 Å². The van der Waals surface area contributed by atoms with Crippen LogP contribution in [0.15, 0.2) is 18.2 Å². The molecule has 13 heavy (non-hydrogen) atoms. The third-order valence-corrected chi connectivity index (χ3v) is 1.81. The number of hydrogen-bond donors (Lipinski definition) is 0. The van der Waals surface area contributed by atoms with Gasteiger partial charge in [-0.25, -0.2) is 0 Å². The van der Waals surface area contributed by atoms with Gasteiger partial charge in [0.25, 0.3) is 0 Å². The van der Waals surface area contributed by atoms with Gasteiger partial charge in [0.2, 0.25) is 0 Å². The van der Waals surface area contributed by atoms with Crippen molar-refractivity contribution in [3.8, 4) is 23.8 Å². The van der Waals surface area contributed by atoms with Crippen LogP contribution in [0.5, 0.6) is 11.5 Å². The van der Waals surface area contributed by atoms with Gasteiger partial charge < -0.3 is 9.47 Å². The number of hydrogen-bond acceptors (Lipinski definition) is 2. The van der Waals surface area contributed by atoms with Gasteiger partial charge in [0.05, 0.1) is 14.2 Å². The molecular formula is C11H12O2. The van der Waals surface area contributed by atoms with E-state index in [4.69, 9.17) is 15.9 Å². The highest BCUT2D eigenvalue weighted by Gasteiger charge is 2.07. The smallest absolute Gasteiger partial charge is 0.126 e. The molecule has 0 aromatic heterocycles. The van der Waals surface area contributed by atoms with Crippen molar-refractivity contribution in [2.24, 2.45) is 0 Å². The summed E-state index contributed by atoms with van der Waals surface area (Å²) < 4.78 is 10.3. The maximum Gasteiger partial charge on any atom is 0.126 e. The van der Waals surface area contributed by atoms with Crippen LogP contribution >= 0.6 is 0 Å². The average Bonchev–Trinajstić information content (AvgIpc) is 2.18. The van der Waals surface area contributed by atoms with Crippen molar-refractivity contribution in [2.45, 2.75) is 6.42 Å². The third kappa shape index (κ3) is 1.94. The van der Waals surface area contributed by atoms with E-state index in [1.165, 1.54) is 0 Å². The molecular weight excluding hydrogens is 164 g/mol. The van der Waals surface area contributed by atoms with Crippen LogP contribution in [0.2, 0.25) is 0 Å². The van der Waals surface area contributed by atoms with Gasteiger partial charge in [-0.3, -0.25) is 0 Å². The lowest BCUT2D eigenvalue weighted by Crippen LogP contribution is -1.95. The lowest BCUT2D eigenvalue weighted by Gasteiger charge is -2.10. The Labute approximate surface area is 78.5 Å². The summed E-state index contributed by atoms with van der Waals surface area (Å²) in [5.41, 5.74) is 0.926. The first-order valence-corrected chi connectivity index (χ1v) is 3.96. The third-order valence-electron chi connectivity index (χ3n) is 1.81. The highest BCUT2D eigenvalue weighted by molar-refractivity contribution is 5.46. The van der Waals surface area contributed by atoms with Crippen molar-refractivity contribution in [1.29, 1.82) is 0 Å². The van der Waals surface area contributed by atoms with E-state index in [2.05, 4.69) is 5.92 Å². The molecule has 2 heteroatoms. The lowest BCUT2D eigenvalue weighted by atomic mass is 10.1. The molecule has 1 aromatic rings. The second-order valence-electron chi connectivity index (χ2n) is 2.52. The monoisotopic (exact) mass is 176 g/mol. The van der Waals surface area contributed by atoms with E-state index in [0.717, 1.165) is 17.1 Å². The molecule has 0 bridgehead atoms. The van der Waals surface area contributed by atoms with E-state index in [1.807, 2.05) is 18.2 Å². The average molecular weight is 176 g/mol. The van der Waals surface area contributed by atoms with Gasteiger partial charge in [0.1, 0.15) is 11.5 Å². The Balaban J connectivity index is 3.14. The van der Waals surface area contributed by atoms with Gasteiger partial charge in [-0.2, -0.15) is 0 Å². The fourth-order valence-electron chi connectivity index (χ4n) is 1.20. The molecule has 0 N–H and O–H groups in total. The molecule has 2 nitrogen and oxygen atoms in total. The summed E-state index contributed by atoms with van der Waals surface area (Å²) >= 11 is 0. The SMILES string of the molecule is C#CCc1c(OC)cccc1OC. The number of terminal acetylenes is 1. The van der Waals surface area contributed by atoms with E-state index >= 15 is 0 Å². The van der Waals surface area contributed by atoms with Crippen molar-refractivity contribution < 1.29 is 9.47 Å². The topological polar surface area (TPSA) is 18.5 Å². The molecule has 0 unspecified atom stereocenters. The van der Waals surface area contributed by atoms with Crippen LogP contribution in [0.1, 0.15) is 5.56 Å². The minimum absolute atomic E-state index is 0.521. The zero-order valence-electron chi connectivity index (χ0n) is 7.83. The van der Waals surface area contributed by atoms with Gasteiger partial charge in [-0.05, 0) is 12.1 Å². The predicted molar refractivity (Wildman–Crippen MR) is 52.1 cm³/mol. The molecule has 0 fully saturated rings. The Morgan fingerprint density at radius 3 is 2.15 bits per heavy atom. The fraction of sp³-hybridized carbons (Fsp3) is 0.273. The van der Waals surface area contributed by atoms with Crippen LogP contribution in [0, 0.1) is 12.3 Å². The fourth-order valence-corrected chi connectivity index (χ4v) is 1.20. The van der Waals surface area contributed by atoms with Gasteiger partial charge >= 0.3 is 0 Å². The van der Waals surface area contributed by atoms with Gasteiger partial charge in [-0.1, -0.05) is 6.07 Å². The van der Waals surface area contributed by atoms with E-state index in [0.29, 0.717) is 6.42 Å². The molecule has 0 saturated heterocycles. The second kappa shape index (κ2) is 4.42. The van der Waals surface area contributed by atoms with E-state index in [9.17, 15) is 0 Å². The van der Waals surface area contributed by atoms with Crippen LogP contribution in [0.3, 0.4) is 0 Å². The molecule has 0 radical (unpaired) electrons. The summed E-state index contributed by atoms with van der Waals surface area (Å²) in [6.45, 7) is 0. The van der Waals surface area contributed by atoms with Gasteiger partial charge in [0, 0.05) is 12.0 Å². The molecule has 0 aliphatic heterocycles. The molecule has 0 amide bonds. The molecule has 0 atom stereocenters. The summed E-state index contributed by atoms with van der Waals surface area (Å²) in [6, 6.07) is 5.61. The van der Waals surface area contributed by atoms with Crippen LogP contribution in [0.4, 0.5) is 0 Å². The Morgan fingerprint density at radius 1 is 1.23 bits per heavy atom. The normalized spacial score (nSPS) is 9.00. The minimum atomic E-state index is 0.521. The van der Waals surface area contributed by atoms with E-state index in [-0.39, 0.29) is 0 Å². The number of benzene rings is 1. The summed E-state index contributed by atoms with van der Waals surface area (Å²) in [6.07, 6.45) is 5.77. The van der Waals surface area contributed by atoms with Crippen LogP contribution in [-0.4, -0.2) is 14.2 Å². The van der Waals surface area contributed by atoms with Crippen molar-refractivity contribution in [2.75, 3.05) is 14.2 Å². The highest BCUT2D eigenvalue weighted by atomic mass is 16.5. The first kappa shape index (κ1) is 9.47. The Kier molecular flexibility index (Phi) is 3.22. The highest BCUT2D eigenvalue weighted by Crippen LogP contribution is 2.28. The quantitative estimate of drug-likeness (QED) is 0.655. The van der Waals surface area contributed by atoms with Gasteiger partial charge in [-0.15, -0.1) is 12.3 Å². The number of ether oxygens (including phenoxy) is 2. The van der Waals surface area contributed by atoms with Crippen LogP contribution in [0.25, 0.3) is 0 Å². The molecule has 0 saturated carbocycles. The lowest BCUT2D eigenvalue weighted by molar-refractivity contribution is 0.387. The number of methoxy groups -OCH3 is 2. The van der Waals surface area contributed by atoms with E-state index in [1.54, 1.807) is 14.2 Å². The summed E-state index contributed by atoms with van der Waals surface area (Å²) in [5.74, 6) is 4.12. The zero-order chi connectivity index (χ0) is 9.68. The Bertz CT molecular complexity index is 301. The summed E-state index contributed by atoms with van der Waals surface area (Å²) in [7, 11) is 3.24. The largest absolute Gasteiger partial charge is 0.496 e. The zero-order valence-corrected chi connectivity index (χ0v) is 7.83. The van der Waals surface area contributed by atoms with Crippen LogP contribution < -0.4 is 9.47 Å². The Hall–Kier alpha value is -1.62. The minimum Gasteiger partial charge on any atom is -0.496 e. The first-order valence-electron chi connectivity index (χ1n) is 3.96. The molecule has 0 spiro atoms. The molecule has 0 aliphatic rings. The summed E-state index contributed by atoms with van der Waals surface area (Å²) in [4.78, 5) is 0. The Morgan fingerprint density at radius 2 is 1.77 bits per heavy atom. The van der Waals surface area contributed by atoms with Gasteiger partial charge in [0.15, 0.2) is 0 Å². The molecule has 1 rings (SSSR count). The molecule has 0 aliphatic carbocycles. The van der Waals surface area contributed by atoms with Crippen molar-refractivity contribution in [1.82, 2.24) is 0 Å². The maximum absolute atomic E-state index is 5.25. The first-order chi connectivity index (χ1) is 6.33. The van der Waals surface area contributed by atoms with Crippen molar-refractivity contribution in [3.63, 3.8) is 0 Å². The standard InChI is InChI=1S/C11H12O2/c1-4-6-9-10(12-2)7-5-8-11(9)13-3/h1,5,7-8H,6H2,2-3H3. The predicted octanol–water partition coefficient (Wildman–Crippen LogP) is 1.88. The maximum atomic E-state index is 5.25.